The molecule has 0 aliphatic carbocycles. The largest absolute Gasteiger partial charge is 0.391 e. The summed E-state index contributed by atoms with van der Waals surface area (Å²) < 4.78 is 0. The van der Waals surface area contributed by atoms with E-state index in [2.05, 4.69) is 32.6 Å². The molecule has 0 spiro atoms. The summed E-state index contributed by atoms with van der Waals surface area (Å²) in [4.78, 5) is 2.45. The highest BCUT2D eigenvalue weighted by molar-refractivity contribution is 4.91. The van der Waals surface area contributed by atoms with Crippen LogP contribution in [0.25, 0.3) is 0 Å². The maximum absolute atomic E-state index is 10.4. The van der Waals surface area contributed by atoms with Crippen LogP contribution in [0.1, 0.15) is 59.8 Å². The van der Waals surface area contributed by atoms with E-state index < -0.39 is 0 Å². The topological polar surface area (TPSA) is 23.5 Å². The monoisotopic (exact) mass is 227 g/mol. The molecule has 0 saturated carbocycles. The van der Waals surface area contributed by atoms with Gasteiger partial charge in [-0.15, -0.1) is 0 Å². The first-order valence-electron chi connectivity index (χ1n) is 6.91. The van der Waals surface area contributed by atoms with E-state index in [0.717, 1.165) is 19.5 Å². The van der Waals surface area contributed by atoms with Gasteiger partial charge in [-0.05, 0) is 52.1 Å². The lowest BCUT2D eigenvalue weighted by Gasteiger charge is -2.40. The minimum Gasteiger partial charge on any atom is -0.391 e. The molecule has 96 valence electrons. The highest BCUT2D eigenvalue weighted by Crippen LogP contribution is 2.28. The third kappa shape index (κ3) is 3.46. The summed E-state index contributed by atoms with van der Waals surface area (Å²) in [6.07, 6.45) is 5.79. The molecule has 0 amide bonds. The van der Waals surface area contributed by atoms with E-state index in [0.29, 0.717) is 5.92 Å². The summed E-state index contributed by atoms with van der Waals surface area (Å²) in [5.41, 5.74) is -0.0432. The second-order valence-electron chi connectivity index (χ2n) is 5.99. The van der Waals surface area contributed by atoms with Crippen molar-refractivity contribution in [2.45, 2.75) is 71.4 Å². The van der Waals surface area contributed by atoms with Crippen molar-refractivity contribution >= 4 is 0 Å². The van der Waals surface area contributed by atoms with Crippen LogP contribution in [0.4, 0.5) is 0 Å². The molecule has 2 unspecified atom stereocenters. The summed E-state index contributed by atoms with van der Waals surface area (Å²) in [5, 5.41) is 10.4. The van der Waals surface area contributed by atoms with Gasteiger partial charge in [0, 0.05) is 5.54 Å². The Hall–Kier alpha value is -0.0800. The predicted octanol–water partition coefficient (Wildman–Crippen LogP) is 3.05. The molecule has 1 rings (SSSR count). The first kappa shape index (κ1) is 14.0. The fourth-order valence-corrected chi connectivity index (χ4v) is 2.78. The highest BCUT2D eigenvalue weighted by atomic mass is 16.3. The third-order valence-electron chi connectivity index (χ3n) is 4.14. The molecule has 0 aromatic carbocycles. The molecule has 1 saturated heterocycles. The Bertz CT molecular complexity index is 197. The second-order valence-corrected chi connectivity index (χ2v) is 5.99. The van der Waals surface area contributed by atoms with Crippen LogP contribution in [-0.2, 0) is 0 Å². The van der Waals surface area contributed by atoms with Crippen molar-refractivity contribution in [1.82, 2.24) is 4.90 Å². The molecular weight excluding hydrogens is 198 g/mol. The number of aliphatic hydroxyl groups excluding tert-OH is 1. The van der Waals surface area contributed by atoms with Gasteiger partial charge >= 0.3 is 0 Å². The number of hydrogen-bond donors (Lipinski definition) is 1. The van der Waals surface area contributed by atoms with Crippen LogP contribution in [0.3, 0.4) is 0 Å². The predicted molar refractivity (Wildman–Crippen MR) is 69.6 cm³/mol. The van der Waals surface area contributed by atoms with E-state index in [1.807, 2.05) is 0 Å². The van der Waals surface area contributed by atoms with Gasteiger partial charge in [0.2, 0.25) is 0 Å². The normalized spacial score (nSPS) is 22.3. The lowest BCUT2D eigenvalue weighted by atomic mass is 9.87. The third-order valence-corrected chi connectivity index (χ3v) is 4.14. The first-order chi connectivity index (χ1) is 7.48. The van der Waals surface area contributed by atoms with Crippen molar-refractivity contribution in [2.75, 3.05) is 13.1 Å². The average molecular weight is 227 g/mol. The number of rotatable bonds is 6. The lowest BCUT2D eigenvalue weighted by molar-refractivity contribution is -0.0103. The maximum atomic E-state index is 10.4. The molecule has 0 bridgehead atoms. The summed E-state index contributed by atoms with van der Waals surface area (Å²) >= 11 is 0. The van der Waals surface area contributed by atoms with E-state index >= 15 is 0 Å². The highest BCUT2D eigenvalue weighted by Gasteiger charge is 2.35. The average Bonchev–Trinajstić information content (AvgIpc) is 2.70. The van der Waals surface area contributed by atoms with E-state index in [1.54, 1.807) is 0 Å². The Balaban J connectivity index is 2.46. The van der Waals surface area contributed by atoms with Crippen LogP contribution >= 0.6 is 0 Å². The molecule has 16 heavy (non-hydrogen) atoms. The van der Waals surface area contributed by atoms with Crippen LogP contribution < -0.4 is 0 Å². The molecule has 1 heterocycles. The zero-order valence-electron chi connectivity index (χ0n) is 11.5. The van der Waals surface area contributed by atoms with Crippen LogP contribution in [0.2, 0.25) is 0 Å². The van der Waals surface area contributed by atoms with Crippen molar-refractivity contribution in [1.29, 1.82) is 0 Å². The van der Waals surface area contributed by atoms with Crippen LogP contribution in [-0.4, -0.2) is 34.7 Å². The van der Waals surface area contributed by atoms with Gasteiger partial charge in [0.1, 0.15) is 0 Å². The number of likely N-dealkylation sites (tertiary alicyclic amines) is 1. The molecule has 1 N–H and O–H groups in total. The van der Waals surface area contributed by atoms with Gasteiger partial charge in [0.25, 0.3) is 0 Å². The van der Waals surface area contributed by atoms with Crippen LogP contribution in [0.5, 0.6) is 0 Å². The molecule has 2 nitrogen and oxygen atoms in total. The van der Waals surface area contributed by atoms with Gasteiger partial charge < -0.3 is 5.11 Å². The minimum atomic E-state index is -0.188. The minimum absolute atomic E-state index is 0.0432. The molecule has 2 heteroatoms. The van der Waals surface area contributed by atoms with Gasteiger partial charge in [-0.2, -0.15) is 0 Å². The van der Waals surface area contributed by atoms with Crippen molar-refractivity contribution in [3.8, 4) is 0 Å². The number of aliphatic hydroxyl groups is 1. The van der Waals surface area contributed by atoms with Gasteiger partial charge in [-0.25, -0.2) is 0 Å². The van der Waals surface area contributed by atoms with Crippen LogP contribution in [0.15, 0.2) is 0 Å². The standard InChI is InChI=1S/C14H29NO/c1-5-8-12(2)11-13(16)14(3,4)15-9-6-7-10-15/h12-13,16H,5-11H2,1-4H3. The quantitative estimate of drug-likeness (QED) is 0.754. The number of nitrogens with zero attached hydrogens (tertiary/aromatic N) is 1. The molecular formula is C14H29NO. The molecule has 1 fully saturated rings. The van der Waals surface area contributed by atoms with Crippen molar-refractivity contribution in [3.63, 3.8) is 0 Å². The Labute approximate surface area is 101 Å². The zero-order chi connectivity index (χ0) is 12.2. The van der Waals surface area contributed by atoms with Gasteiger partial charge in [-0.1, -0.05) is 26.7 Å². The fraction of sp³-hybridized carbons (Fsp3) is 1.00. The summed E-state index contributed by atoms with van der Waals surface area (Å²) in [6.45, 7) is 11.2. The molecule has 1 aliphatic rings. The summed E-state index contributed by atoms with van der Waals surface area (Å²) in [7, 11) is 0. The molecule has 0 aromatic heterocycles. The molecule has 2 atom stereocenters. The van der Waals surface area contributed by atoms with E-state index in [9.17, 15) is 5.11 Å². The first-order valence-corrected chi connectivity index (χ1v) is 6.91. The van der Waals surface area contributed by atoms with E-state index in [1.165, 1.54) is 25.7 Å². The summed E-state index contributed by atoms with van der Waals surface area (Å²) in [5.74, 6) is 0.641. The number of hydrogen-bond acceptors (Lipinski definition) is 2. The van der Waals surface area contributed by atoms with Crippen molar-refractivity contribution < 1.29 is 5.11 Å². The molecule has 1 aliphatic heterocycles. The maximum Gasteiger partial charge on any atom is 0.0721 e. The Kier molecular flexibility index (Phi) is 5.26. The van der Waals surface area contributed by atoms with Crippen molar-refractivity contribution in [3.05, 3.63) is 0 Å². The van der Waals surface area contributed by atoms with Crippen LogP contribution in [0, 0.1) is 5.92 Å². The smallest absolute Gasteiger partial charge is 0.0721 e. The molecule has 0 aromatic rings. The Morgan fingerprint density at radius 3 is 2.31 bits per heavy atom. The lowest BCUT2D eigenvalue weighted by Crippen LogP contribution is -2.51. The Morgan fingerprint density at radius 2 is 1.81 bits per heavy atom. The Morgan fingerprint density at radius 1 is 1.25 bits per heavy atom. The van der Waals surface area contributed by atoms with E-state index in [-0.39, 0.29) is 11.6 Å². The van der Waals surface area contributed by atoms with Gasteiger partial charge in [0.15, 0.2) is 0 Å². The summed E-state index contributed by atoms with van der Waals surface area (Å²) in [6, 6.07) is 0. The van der Waals surface area contributed by atoms with Crippen molar-refractivity contribution in [2.24, 2.45) is 5.92 Å². The molecule has 0 radical (unpaired) electrons. The van der Waals surface area contributed by atoms with Gasteiger partial charge in [0.05, 0.1) is 6.10 Å². The SMILES string of the molecule is CCCC(C)CC(O)C(C)(C)N1CCCC1. The second kappa shape index (κ2) is 6.02. The fourth-order valence-electron chi connectivity index (χ4n) is 2.78. The van der Waals surface area contributed by atoms with Gasteiger partial charge in [-0.3, -0.25) is 4.90 Å². The van der Waals surface area contributed by atoms with E-state index in [4.69, 9.17) is 0 Å². The zero-order valence-corrected chi connectivity index (χ0v) is 11.5.